The Bertz CT molecular complexity index is 2390. The predicted molar refractivity (Wildman–Crippen MR) is 188 cm³/mol. The van der Waals surface area contributed by atoms with Gasteiger partial charge in [0.1, 0.15) is 46.3 Å². The van der Waals surface area contributed by atoms with Crippen LogP contribution in [0.2, 0.25) is 0 Å². The van der Waals surface area contributed by atoms with Crippen molar-refractivity contribution in [3.05, 3.63) is 108 Å². The van der Waals surface area contributed by atoms with Crippen LogP contribution in [0.4, 0.5) is 4.39 Å². The topological polar surface area (TPSA) is 94.5 Å². The van der Waals surface area contributed by atoms with Crippen molar-refractivity contribution in [3.63, 3.8) is 0 Å². The van der Waals surface area contributed by atoms with Crippen LogP contribution >= 0.6 is 0 Å². The first-order valence-electron chi connectivity index (χ1n) is 15.7. The minimum absolute atomic E-state index is 0.236. The van der Waals surface area contributed by atoms with Gasteiger partial charge in [0.25, 0.3) is 0 Å². The number of aliphatic imine (C=N–C) groups is 4. The van der Waals surface area contributed by atoms with Gasteiger partial charge in [-0.15, -0.1) is 0 Å². The third kappa shape index (κ3) is 4.46. The van der Waals surface area contributed by atoms with Crippen molar-refractivity contribution in [2.24, 2.45) is 20.0 Å². The van der Waals surface area contributed by atoms with Gasteiger partial charge >= 0.3 is 0 Å². The third-order valence-corrected chi connectivity index (χ3v) is 9.41. The summed E-state index contributed by atoms with van der Waals surface area (Å²) in [5, 5.41) is 1.86. The number of halogens is 1. The molecule has 0 unspecified atom stereocenters. The van der Waals surface area contributed by atoms with Gasteiger partial charge in [0.05, 0.1) is 39.5 Å². The fraction of sp³-hybridized carbons (Fsp3) is 0.158. The molecule has 0 spiro atoms. The minimum atomic E-state index is -0.460. The van der Waals surface area contributed by atoms with E-state index in [0.29, 0.717) is 47.3 Å². The molecule has 9 rings (SSSR count). The molecular formula is C38H29FN6O4. The SMILES string of the molecule is COc1ccc2c(c1)-c1cc(OC)ccc1[C@@H](C1=NC3=NC(n4c5ccc(OC)cc5c5cc(OC)ccc54)=NC4=CC(F)=CC(=N1)N43)C2. The zero-order valence-electron chi connectivity index (χ0n) is 27.1. The van der Waals surface area contributed by atoms with Crippen molar-refractivity contribution in [1.29, 1.82) is 0 Å². The van der Waals surface area contributed by atoms with Crippen LogP contribution in [0.3, 0.4) is 0 Å². The van der Waals surface area contributed by atoms with Crippen molar-refractivity contribution in [1.82, 2.24) is 9.47 Å². The van der Waals surface area contributed by atoms with Gasteiger partial charge in [0.15, 0.2) is 0 Å². The lowest BCUT2D eigenvalue weighted by Crippen LogP contribution is -2.43. The molecule has 242 valence electrons. The van der Waals surface area contributed by atoms with Crippen LogP contribution in [0.5, 0.6) is 23.0 Å². The maximum Gasteiger partial charge on any atom is 0.242 e. The molecule has 3 aliphatic heterocycles. The van der Waals surface area contributed by atoms with E-state index in [1.165, 1.54) is 12.2 Å². The number of rotatable bonds is 5. The summed E-state index contributed by atoms with van der Waals surface area (Å²) >= 11 is 0. The Labute approximate surface area is 280 Å². The van der Waals surface area contributed by atoms with E-state index in [9.17, 15) is 0 Å². The molecule has 0 amide bonds. The Morgan fingerprint density at radius 2 is 1.24 bits per heavy atom. The zero-order valence-corrected chi connectivity index (χ0v) is 27.1. The summed E-state index contributed by atoms with van der Waals surface area (Å²) in [5.41, 5.74) is 5.92. The molecule has 4 heterocycles. The molecule has 0 N–H and O–H groups in total. The van der Waals surface area contributed by atoms with E-state index in [0.717, 1.165) is 55.6 Å². The fourth-order valence-electron chi connectivity index (χ4n) is 7.07. The number of guanidine groups is 1. The smallest absolute Gasteiger partial charge is 0.242 e. The average Bonchev–Trinajstić information content (AvgIpc) is 3.46. The Morgan fingerprint density at radius 1 is 0.633 bits per heavy atom. The summed E-state index contributed by atoms with van der Waals surface area (Å²) in [6.07, 6.45) is 3.40. The minimum Gasteiger partial charge on any atom is -0.497 e. The molecule has 4 aliphatic rings. The van der Waals surface area contributed by atoms with Gasteiger partial charge in [0.2, 0.25) is 11.9 Å². The summed E-state index contributed by atoms with van der Waals surface area (Å²) in [5.74, 6) is 4.18. The second-order valence-electron chi connectivity index (χ2n) is 12.0. The lowest BCUT2D eigenvalue weighted by Gasteiger charge is -2.34. The number of benzene rings is 4. The first-order valence-corrected chi connectivity index (χ1v) is 15.7. The van der Waals surface area contributed by atoms with Crippen molar-refractivity contribution in [3.8, 4) is 34.1 Å². The molecule has 1 aliphatic carbocycles. The van der Waals surface area contributed by atoms with Crippen molar-refractivity contribution in [2.45, 2.75) is 12.3 Å². The highest BCUT2D eigenvalue weighted by atomic mass is 19.1. The first-order chi connectivity index (χ1) is 24.0. The van der Waals surface area contributed by atoms with Gasteiger partial charge < -0.3 is 18.9 Å². The molecule has 4 aromatic carbocycles. The Morgan fingerprint density at radius 3 is 1.92 bits per heavy atom. The highest BCUT2D eigenvalue weighted by Crippen LogP contribution is 2.44. The number of hydrogen-bond acceptors (Lipinski definition) is 9. The maximum absolute atomic E-state index is 15.3. The first kappa shape index (κ1) is 29.0. The number of allylic oxidation sites excluding steroid dienone is 2. The van der Waals surface area contributed by atoms with E-state index in [-0.39, 0.29) is 5.92 Å². The van der Waals surface area contributed by atoms with Crippen LogP contribution in [0.25, 0.3) is 32.9 Å². The zero-order chi connectivity index (χ0) is 33.4. The van der Waals surface area contributed by atoms with Crippen LogP contribution in [0.15, 0.2) is 117 Å². The monoisotopic (exact) mass is 652 g/mol. The molecule has 0 fully saturated rings. The number of nitrogens with zero attached hydrogens (tertiary/aromatic N) is 6. The quantitative estimate of drug-likeness (QED) is 0.200. The lowest BCUT2D eigenvalue weighted by atomic mass is 9.78. The molecule has 49 heavy (non-hydrogen) atoms. The van der Waals surface area contributed by atoms with E-state index >= 15 is 4.39 Å². The molecule has 0 radical (unpaired) electrons. The Kier molecular flexibility index (Phi) is 6.45. The summed E-state index contributed by atoms with van der Waals surface area (Å²) in [6.45, 7) is 0. The van der Waals surface area contributed by atoms with Gasteiger partial charge in [-0.25, -0.2) is 14.3 Å². The van der Waals surface area contributed by atoms with Crippen molar-refractivity contribution >= 4 is 45.4 Å². The van der Waals surface area contributed by atoms with Gasteiger partial charge in [0, 0.05) is 28.8 Å². The maximum atomic E-state index is 15.3. The second kappa shape index (κ2) is 10.9. The van der Waals surface area contributed by atoms with E-state index in [1.54, 1.807) is 33.3 Å². The summed E-state index contributed by atoms with van der Waals surface area (Å²) < 4.78 is 39.5. The summed E-state index contributed by atoms with van der Waals surface area (Å²) in [6, 6.07) is 23.8. The Hall–Kier alpha value is -6.23. The van der Waals surface area contributed by atoms with Crippen LogP contribution in [0, 0.1) is 0 Å². The molecule has 0 saturated heterocycles. The van der Waals surface area contributed by atoms with E-state index in [4.69, 9.17) is 38.9 Å². The van der Waals surface area contributed by atoms with Crippen LogP contribution in [0.1, 0.15) is 17.0 Å². The normalized spacial score (nSPS) is 17.5. The number of fused-ring (bicyclic) bond motifs is 6. The summed E-state index contributed by atoms with van der Waals surface area (Å²) in [4.78, 5) is 21.6. The number of ether oxygens (including phenoxy) is 4. The molecule has 10 nitrogen and oxygen atoms in total. The highest BCUT2D eigenvalue weighted by molar-refractivity contribution is 6.24. The standard InChI is InChI=1S/C38H29FN6O4/c1-46-22-6-5-20-13-31(26-10-7-23(47-2)17-28(26)27(20)16-22)36-40-34-14-21(39)15-35-41-37(43-38(42-36)45(34)35)44-32-11-8-24(48-3)18-29(32)30-19-25(49-4)9-12-33(30)44/h5-12,14-19,31H,13H2,1-4H3/t31-/m0/s1. The molecule has 1 atom stereocenters. The molecule has 1 aromatic heterocycles. The van der Waals surface area contributed by atoms with E-state index in [1.807, 2.05) is 65.2 Å². The largest absolute Gasteiger partial charge is 0.497 e. The average molecular weight is 653 g/mol. The highest BCUT2D eigenvalue weighted by Gasteiger charge is 2.37. The predicted octanol–water partition coefficient (Wildman–Crippen LogP) is 7.23. The molecule has 11 heteroatoms. The number of amidine groups is 2. The van der Waals surface area contributed by atoms with Gasteiger partial charge in [-0.3, -0.25) is 4.57 Å². The molecular weight excluding hydrogens is 623 g/mol. The third-order valence-electron chi connectivity index (χ3n) is 9.41. The van der Waals surface area contributed by atoms with Gasteiger partial charge in [-0.05, 0) is 89.3 Å². The molecule has 0 bridgehead atoms. The molecule has 0 saturated carbocycles. The van der Waals surface area contributed by atoms with Crippen LogP contribution in [-0.4, -0.2) is 61.5 Å². The number of hydrogen-bond donors (Lipinski definition) is 0. The lowest BCUT2D eigenvalue weighted by molar-refractivity contribution is 0.414. The van der Waals surface area contributed by atoms with Crippen LogP contribution < -0.4 is 18.9 Å². The summed E-state index contributed by atoms with van der Waals surface area (Å²) in [7, 11) is 6.59. The number of aromatic nitrogens is 1. The van der Waals surface area contributed by atoms with Gasteiger partial charge in [-0.1, -0.05) is 12.1 Å². The van der Waals surface area contributed by atoms with E-state index in [2.05, 4.69) is 12.1 Å². The number of methoxy groups -OCH3 is 4. The van der Waals surface area contributed by atoms with Crippen molar-refractivity contribution in [2.75, 3.05) is 28.4 Å². The van der Waals surface area contributed by atoms with Crippen molar-refractivity contribution < 1.29 is 23.3 Å². The van der Waals surface area contributed by atoms with Gasteiger partial charge in [-0.2, -0.15) is 15.0 Å². The van der Waals surface area contributed by atoms with E-state index < -0.39 is 5.83 Å². The van der Waals surface area contributed by atoms with Crippen LogP contribution in [-0.2, 0) is 6.42 Å². The second-order valence-corrected chi connectivity index (χ2v) is 12.0. The molecule has 5 aromatic rings. The Balaban J connectivity index is 1.23. The fourth-order valence-corrected chi connectivity index (χ4v) is 7.07.